The molecule has 0 spiro atoms. The van der Waals surface area contributed by atoms with E-state index in [0.29, 0.717) is 30.6 Å². The molecule has 2 aromatic rings. The number of carbonyl (C=O) groups excluding carboxylic acids is 1. The van der Waals surface area contributed by atoms with Gasteiger partial charge in [-0.25, -0.2) is 0 Å². The third-order valence-electron chi connectivity index (χ3n) is 4.05. The molecule has 0 radical (unpaired) electrons. The summed E-state index contributed by atoms with van der Waals surface area (Å²) in [7, 11) is 1.89. The van der Waals surface area contributed by atoms with Gasteiger partial charge in [0.05, 0.1) is 0 Å². The number of nitrogens with zero attached hydrogens (tertiary/aromatic N) is 3. The van der Waals surface area contributed by atoms with Gasteiger partial charge in [0.25, 0.3) is 0 Å². The third-order valence-corrected chi connectivity index (χ3v) is 4.73. The number of rotatable bonds is 5. The maximum Gasteiger partial charge on any atom is 0.227 e. The molecule has 1 saturated heterocycles. The smallest absolute Gasteiger partial charge is 0.227 e. The van der Waals surface area contributed by atoms with Crippen LogP contribution in [0.15, 0.2) is 21.3 Å². The Morgan fingerprint density at radius 1 is 1.48 bits per heavy atom. The van der Waals surface area contributed by atoms with Crippen molar-refractivity contribution < 1.29 is 9.32 Å². The van der Waals surface area contributed by atoms with Gasteiger partial charge in [0.1, 0.15) is 0 Å². The third kappa shape index (κ3) is 4.53. The van der Waals surface area contributed by atoms with E-state index in [-0.39, 0.29) is 18.3 Å². The number of amides is 1. The highest BCUT2D eigenvalue weighted by Crippen LogP contribution is 2.19. The quantitative estimate of drug-likeness (QED) is 0.890. The van der Waals surface area contributed by atoms with Crippen molar-refractivity contribution >= 4 is 29.7 Å². The molecule has 126 valence electrons. The second-order valence-electron chi connectivity index (χ2n) is 5.51. The molecule has 0 aromatic carbocycles. The second kappa shape index (κ2) is 8.42. The van der Waals surface area contributed by atoms with Crippen molar-refractivity contribution in [2.24, 2.45) is 0 Å². The number of halogens is 1. The van der Waals surface area contributed by atoms with Crippen LogP contribution in [0.3, 0.4) is 0 Å². The van der Waals surface area contributed by atoms with Crippen LogP contribution in [-0.4, -0.2) is 47.1 Å². The Morgan fingerprint density at radius 3 is 2.96 bits per heavy atom. The number of hydrogen-bond acceptors (Lipinski definition) is 6. The van der Waals surface area contributed by atoms with Crippen LogP contribution in [0.25, 0.3) is 11.4 Å². The van der Waals surface area contributed by atoms with E-state index in [2.05, 4.69) is 15.5 Å². The average molecular weight is 357 g/mol. The Hall–Kier alpha value is -1.44. The molecular weight excluding hydrogens is 336 g/mol. The Labute approximate surface area is 145 Å². The molecule has 1 N–H and O–H groups in total. The van der Waals surface area contributed by atoms with E-state index in [1.165, 1.54) is 0 Å². The monoisotopic (exact) mass is 356 g/mol. The first-order valence-electron chi connectivity index (χ1n) is 7.55. The number of piperidine rings is 1. The molecule has 3 heterocycles. The summed E-state index contributed by atoms with van der Waals surface area (Å²) in [5.41, 5.74) is 0.957. The van der Waals surface area contributed by atoms with Crippen LogP contribution in [0.4, 0.5) is 0 Å². The largest absolute Gasteiger partial charge is 0.343 e. The van der Waals surface area contributed by atoms with Crippen LogP contribution in [0.1, 0.15) is 25.2 Å². The molecule has 8 heteroatoms. The number of aromatic nitrogens is 2. The number of hydrogen-bond donors (Lipinski definition) is 1. The van der Waals surface area contributed by atoms with Gasteiger partial charge in [-0.05, 0) is 37.4 Å². The van der Waals surface area contributed by atoms with E-state index in [1.54, 1.807) is 11.3 Å². The summed E-state index contributed by atoms with van der Waals surface area (Å²) in [6.45, 7) is 1.96. The Morgan fingerprint density at radius 2 is 2.26 bits per heavy atom. The number of aryl methyl sites for hydroxylation is 1. The van der Waals surface area contributed by atoms with Crippen molar-refractivity contribution in [2.45, 2.75) is 31.7 Å². The fourth-order valence-corrected chi connectivity index (χ4v) is 3.29. The first-order chi connectivity index (χ1) is 10.7. The predicted molar refractivity (Wildman–Crippen MR) is 91.8 cm³/mol. The zero-order valence-electron chi connectivity index (χ0n) is 13.0. The molecule has 0 aliphatic carbocycles. The van der Waals surface area contributed by atoms with Crippen molar-refractivity contribution in [2.75, 3.05) is 20.1 Å². The molecule has 1 aliphatic rings. The molecule has 1 amide bonds. The van der Waals surface area contributed by atoms with E-state index in [1.807, 2.05) is 28.8 Å². The lowest BCUT2D eigenvalue weighted by Crippen LogP contribution is -2.44. The first kappa shape index (κ1) is 17.9. The normalized spacial score (nSPS) is 15.2. The molecule has 2 aromatic heterocycles. The van der Waals surface area contributed by atoms with E-state index in [0.717, 1.165) is 31.5 Å². The highest BCUT2D eigenvalue weighted by molar-refractivity contribution is 7.08. The SMILES string of the molecule is CN(C(=O)CCc1nc(-c2ccsc2)no1)C1CCNCC1.Cl. The molecule has 3 rings (SSSR count). The van der Waals surface area contributed by atoms with Crippen LogP contribution in [0.5, 0.6) is 0 Å². The van der Waals surface area contributed by atoms with Gasteiger partial charge in [0.2, 0.25) is 17.6 Å². The van der Waals surface area contributed by atoms with Crippen molar-refractivity contribution in [3.63, 3.8) is 0 Å². The number of carbonyl (C=O) groups is 1. The van der Waals surface area contributed by atoms with Gasteiger partial charge in [-0.3, -0.25) is 4.79 Å². The summed E-state index contributed by atoms with van der Waals surface area (Å²) in [4.78, 5) is 18.5. The summed E-state index contributed by atoms with van der Waals surface area (Å²) in [6.07, 6.45) is 2.94. The molecular formula is C15H21ClN4O2S. The highest BCUT2D eigenvalue weighted by Gasteiger charge is 2.22. The number of nitrogens with one attached hydrogen (secondary N) is 1. The fraction of sp³-hybridized carbons (Fsp3) is 0.533. The summed E-state index contributed by atoms with van der Waals surface area (Å²) in [5, 5.41) is 11.2. The van der Waals surface area contributed by atoms with Crippen molar-refractivity contribution in [3.8, 4) is 11.4 Å². The topological polar surface area (TPSA) is 71.3 Å². The van der Waals surface area contributed by atoms with Crippen LogP contribution >= 0.6 is 23.7 Å². The van der Waals surface area contributed by atoms with E-state index in [9.17, 15) is 4.79 Å². The van der Waals surface area contributed by atoms with Crippen LogP contribution < -0.4 is 5.32 Å². The van der Waals surface area contributed by atoms with Crippen molar-refractivity contribution in [1.82, 2.24) is 20.4 Å². The van der Waals surface area contributed by atoms with Gasteiger partial charge in [-0.15, -0.1) is 12.4 Å². The zero-order chi connectivity index (χ0) is 15.4. The minimum absolute atomic E-state index is 0. The molecule has 0 saturated carbocycles. The van der Waals surface area contributed by atoms with Gasteiger partial charge in [-0.2, -0.15) is 16.3 Å². The highest BCUT2D eigenvalue weighted by atomic mass is 35.5. The Balaban J connectivity index is 0.00000192. The lowest BCUT2D eigenvalue weighted by Gasteiger charge is -2.31. The summed E-state index contributed by atoms with van der Waals surface area (Å²) < 4.78 is 5.23. The minimum Gasteiger partial charge on any atom is -0.343 e. The van der Waals surface area contributed by atoms with Crippen LogP contribution in [0, 0.1) is 0 Å². The maximum absolute atomic E-state index is 12.3. The zero-order valence-corrected chi connectivity index (χ0v) is 14.7. The van der Waals surface area contributed by atoms with Crippen molar-refractivity contribution in [1.29, 1.82) is 0 Å². The Bertz CT molecular complexity index is 611. The lowest BCUT2D eigenvalue weighted by atomic mass is 10.0. The molecule has 6 nitrogen and oxygen atoms in total. The molecule has 0 atom stereocenters. The molecule has 0 unspecified atom stereocenters. The second-order valence-corrected chi connectivity index (χ2v) is 6.29. The summed E-state index contributed by atoms with van der Waals surface area (Å²) in [6, 6.07) is 2.30. The van der Waals surface area contributed by atoms with E-state index < -0.39 is 0 Å². The Kier molecular flexibility index (Phi) is 6.56. The van der Waals surface area contributed by atoms with Crippen LogP contribution in [0.2, 0.25) is 0 Å². The van der Waals surface area contributed by atoms with Crippen LogP contribution in [-0.2, 0) is 11.2 Å². The average Bonchev–Trinajstić information content (AvgIpc) is 3.23. The first-order valence-corrected chi connectivity index (χ1v) is 8.50. The molecule has 1 fully saturated rings. The molecule has 23 heavy (non-hydrogen) atoms. The molecule has 1 aliphatic heterocycles. The number of thiophene rings is 1. The predicted octanol–water partition coefficient (Wildman–Crippen LogP) is 2.36. The van der Waals surface area contributed by atoms with E-state index >= 15 is 0 Å². The van der Waals surface area contributed by atoms with Gasteiger partial charge in [0.15, 0.2) is 0 Å². The minimum atomic E-state index is 0. The lowest BCUT2D eigenvalue weighted by molar-refractivity contribution is -0.132. The van der Waals surface area contributed by atoms with Gasteiger partial charge in [-0.1, -0.05) is 5.16 Å². The van der Waals surface area contributed by atoms with E-state index in [4.69, 9.17) is 4.52 Å². The summed E-state index contributed by atoms with van der Waals surface area (Å²) in [5.74, 6) is 1.26. The standard InChI is InChI=1S/C15H20N4O2S.ClH/c1-19(12-4-7-16-8-5-12)14(20)3-2-13-17-15(18-21-13)11-6-9-22-10-11;/h6,9-10,12,16H,2-5,7-8H2,1H3;1H. The molecule has 0 bridgehead atoms. The van der Waals surface area contributed by atoms with Crippen molar-refractivity contribution in [3.05, 3.63) is 22.7 Å². The van der Waals surface area contributed by atoms with Gasteiger partial charge >= 0.3 is 0 Å². The van der Waals surface area contributed by atoms with Gasteiger partial charge < -0.3 is 14.7 Å². The summed E-state index contributed by atoms with van der Waals surface area (Å²) >= 11 is 1.59. The fourth-order valence-electron chi connectivity index (χ4n) is 2.65. The maximum atomic E-state index is 12.3. The van der Waals surface area contributed by atoms with Gasteiger partial charge in [0, 0.05) is 36.9 Å².